The molecule has 0 saturated carbocycles. The molecular formula is C19H25IN4O2. The van der Waals surface area contributed by atoms with Crippen LogP contribution in [0.15, 0.2) is 47.5 Å². The molecule has 0 radical (unpaired) electrons. The Hall–Kier alpha value is -2.16. The van der Waals surface area contributed by atoms with Gasteiger partial charge in [0, 0.05) is 25.2 Å². The van der Waals surface area contributed by atoms with E-state index in [9.17, 15) is 10.1 Å². The Kier molecular flexibility index (Phi) is 9.04. The third-order valence-corrected chi connectivity index (χ3v) is 3.86. The topological polar surface area (TPSA) is 79.6 Å². The fourth-order valence-corrected chi connectivity index (χ4v) is 2.46. The predicted molar refractivity (Wildman–Crippen MR) is 116 cm³/mol. The number of hydrogen-bond donors (Lipinski definition) is 2. The van der Waals surface area contributed by atoms with Crippen molar-refractivity contribution in [3.63, 3.8) is 0 Å². The molecule has 0 aromatic heterocycles. The third-order valence-electron chi connectivity index (χ3n) is 3.86. The number of non-ortho nitro benzene ring substituents is 1. The van der Waals surface area contributed by atoms with E-state index in [-0.39, 0.29) is 29.7 Å². The summed E-state index contributed by atoms with van der Waals surface area (Å²) in [4.78, 5) is 14.8. The number of rotatable bonds is 6. The van der Waals surface area contributed by atoms with Crippen LogP contribution in [-0.2, 0) is 13.1 Å². The third kappa shape index (κ3) is 6.62. The van der Waals surface area contributed by atoms with Gasteiger partial charge in [0.2, 0.25) is 0 Å². The zero-order chi connectivity index (χ0) is 18.2. The Morgan fingerprint density at radius 1 is 1.12 bits per heavy atom. The van der Waals surface area contributed by atoms with E-state index in [1.807, 2.05) is 6.92 Å². The van der Waals surface area contributed by atoms with Crippen LogP contribution in [0.2, 0.25) is 0 Å². The first-order chi connectivity index (χ1) is 12.0. The number of hydrogen-bond acceptors (Lipinski definition) is 3. The Bertz CT molecular complexity index is 761. The molecule has 0 spiro atoms. The minimum absolute atomic E-state index is 0. The summed E-state index contributed by atoms with van der Waals surface area (Å²) in [6.07, 6.45) is 0. The van der Waals surface area contributed by atoms with E-state index in [4.69, 9.17) is 0 Å². The maximum Gasteiger partial charge on any atom is 0.269 e. The maximum atomic E-state index is 10.7. The van der Waals surface area contributed by atoms with Crippen molar-refractivity contribution in [2.45, 2.75) is 33.9 Å². The second-order valence-corrected chi connectivity index (χ2v) is 5.90. The van der Waals surface area contributed by atoms with Crippen LogP contribution in [0.3, 0.4) is 0 Å². The molecule has 0 aliphatic carbocycles. The van der Waals surface area contributed by atoms with Crippen LogP contribution < -0.4 is 10.6 Å². The number of nitro groups is 1. The zero-order valence-electron chi connectivity index (χ0n) is 15.3. The average Bonchev–Trinajstić information content (AvgIpc) is 2.59. The number of aliphatic imine (C=N–C) groups is 1. The largest absolute Gasteiger partial charge is 0.357 e. The molecule has 7 heteroatoms. The molecule has 0 atom stereocenters. The second kappa shape index (κ2) is 10.7. The van der Waals surface area contributed by atoms with Gasteiger partial charge in [-0.1, -0.05) is 35.9 Å². The highest BCUT2D eigenvalue weighted by atomic mass is 127. The predicted octanol–water partition coefficient (Wildman–Crippen LogP) is 4.08. The summed E-state index contributed by atoms with van der Waals surface area (Å²) >= 11 is 0. The number of halogens is 1. The normalized spacial score (nSPS) is 10.8. The molecule has 2 N–H and O–H groups in total. The summed E-state index contributed by atoms with van der Waals surface area (Å²) in [7, 11) is 0. The molecule has 0 bridgehead atoms. The molecule has 0 unspecified atom stereocenters. The van der Waals surface area contributed by atoms with Gasteiger partial charge in [-0.15, -0.1) is 24.0 Å². The summed E-state index contributed by atoms with van der Waals surface area (Å²) in [5.41, 5.74) is 4.74. The van der Waals surface area contributed by atoms with Crippen molar-refractivity contribution < 1.29 is 4.92 Å². The van der Waals surface area contributed by atoms with E-state index in [0.717, 1.165) is 18.1 Å². The van der Waals surface area contributed by atoms with Crippen molar-refractivity contribution in [1.82, 2.24) is 10.6 Å². The van der Waals surface area contributed by atoms with Gasteiger partial charge in [-0.25, -0.2) is 4.99 Å². The van der Waals surface area contributed by atoms with Crippen LogP contribution in [0.25, 0.3) is 0 Å². The molecule has 0 amide bonds. The number of aryl methyl sites for hydroxylation is 2. The molecule has 0 saturated heterocycles. The fraction of sp³-hybridized carbons (Fsp3) is 0.316. The molecule has 2 aromatic rings. The summed E-state index contributed by atoms with van der Waals surface area (Å²) in [6, 6.07) is 12.9. The van der Waals surface area contributed by atoms with E-state index in [0.29, 0.717) is 13.1 Å². The number of benzene rings is 2. The van der Waals surface area contributed by atoms with Crippen molar-refractivity contribution in [2.24, 2.45) is 4.99 Å². The number of nitro benzene ring substituents is 1. The number of nitrogens with one attached hydrogen (secondary N) is 2. The number of nitrogens with zero attached hydrogens (tertiary/aromatic N) is 2. The Morgan fingerprint density at radius 2 is 1.81 bits per heavy atom. The standard InChI is InChI=1S/C19H24N4O2.HI/c1-4-20-19(22-13-17-8-5-14(2)11-15(17)3)21-12-16-6-9-18(10-7-16)23(24)25;/h5-11H,4,12-13H2,1-3H3,(H2,20,21,22);1H. The van der Waals surface area contributed by atoms with Gasteiger partial charge in [-0.3, -0.25) is 10.1 Å². The fourth-order valence-electron chi connectivity index (χ4n) is 2.46. The minimum Gasteiger partial charge on any atom is -0.357 e. The van der Waals surface area contributed by atoms with E-state index >= 15 is 0 Å². The maximum absolute atomic E-state index is 10.7. The van der Waals surface area contributed by atoms with Gasteiger partial charge in [0.05, 0.1) is 11.5 Å². The second-order valence-electron chi connectivity index (χ2n) is 5.90. The van der Waals surface area contributed by atoms with Gasteiger partial charge in [-0.2, -0.15) is 0 Å². The highest BCUT2D eigenvalue weighted by Crippen LogP contribution is 2.13. The summed E-state index contributed by atoms with van der Waals surface area (Å²) in [6.45, 7) is 8.11. The molecule has 2 aromatic carbocycles. The van der Waals surface area contributed by atoms with E-state index < -0.39 is 4.92 Å². The van der Waals surface area contributed by atoms with E-state index in [1.165, 1.54) is 28.8 Å². The smallest absolute Gasteiger partial charge is 0.269 e. The van der Waals surface area contributed by atoms with Crippen LogP contribution in [0.4, 0.5) is 5.69 Å². The first-order valence-corrected chi connectivity index (χ1v) is 8.31. The molecular weight excluding hydrogens is 443 g/mol. The first-order valence-electron chi connectivity index (χ1n) is 8.31. The van der Waals surface area contributed by atoms with E-state index in [2.05, 4.69) is 47.7 Å². The number of guanidine groups is 1. The molecule has 6 nitrogen and oxygen atoms in total. The van der Waals surface area contributed by atoms with Crippen molar-refractivity contribution in [3.8, 4) is 0 Å². The van der Waals surface area contributed by atoms with Crippen molar-refractivity contribution >= 4 is 35.6 Å². The summed E-state index contributed by atoms with van der Waals surface area (Å²) < 4.78 is 0. The zero-order valence-corrected chi connectivity index (χ0v) is 17.6. The van der Waals surface area contributed by atoms with Crippen LogP contribution in [0.1, 0.15) is 29.2 Å². The molecule has 2 rings (SSSR count). The van der Waals surface area contributed by atoms with Crippen LogP contribution in [0, 0.1) is 24.0 Å². The van der Waals surface area contributed by atoms with Gasteiger partial charge < -0.3 is 10.6 Å². The van der Waals surface area contributed by atoms with Crippen molar-refractivity contribution in [2.75, 3.05) is 6.54 Å². The SMILES string of the molecule is CCNC(=NCc1ccc([N+](=O)[O-])cc1)NCc1ccc(C)cc1C.I. The van der Waals surface area contributed by atoms with Gasteiger partial charge in [0.1, 0.15) is 0 Å². The Balaban J connectivity index is 0.00000338. The van der Waals surface area contributed by atoms with Crippen molar-refractivity contribution in [1.29, 1.82) is 0 Å². The lowest BCUT2D eigenvalue weighted by Crippen LogP contribution is -2.36. The van der Waals surface area contributed by atoms with Crippen LogP contribution in [-0.4, -0.2) is 17.4 Å². The average molecular weight is 468 g/mol. The Labute approximate surface area is 171 Å². The van der Waals surface area contributed by atoms with Crippen LogP contribution >= 0.6 is 24.0 Å². The van der Waals surface area contributed by atoms with Gasteiger partial charge in [-0.05, 0) is 37.5 Å². The summed E-state index contributed by atoms with van der Waals surface area (Å²) in [5, 5.41) is 17.2. The molecule has 0 fully saturated rings. The van der Waals surface area contributed by atoms with Crippen LogP contribution in [0.5, 0.6) is 0 Å². The first kappa shape index (κ1) is 21.9. The molecule has 26 heavy (non-hydrogen) atoms. The molecule has 140 valence electrons. The highest BCUT2D eigenvalue weighted by molar-refractivity contribution is 14.0. The lowest BCUT2D eigenvalue weighted by atomic mass is 10.1. The summed E-state index contributed by atoms with van der Waals surface area (Å²) in [5.74, 6) is 0.723. The highest BCUT2D eigenvalue weighted by Gasteiger charge is 2.04. The van der Waals surface area contributed by atoms with Gasteiger partial charge >= 0.3 is 0 Å². The lowest BCUT2D eigenvalue weighted by molar-refractivity contribution is -0.384. The van der Waals surface area contributed by atoms with Gasteiger partial charge in [0.15, 0.2) is 5.96 Å². The molecule has 0 aliphatic heterocycles. The minimum atomic E-state index is -0.400. The van der Waals surface area contributed by atoms with E-state index in [1.54, 1.807) is 12.1 Å². The lowest BCUT2D eigenvalue weighted by Gasteiger charge is -2.13. The molecule has 0 aliphatic rings. The van der Waals surface area contributed by atoms with Gasteiger partial charge in [0.25, 0.3) is 5.69 Å². The van der Waals surface area contributed by atoms with Crippen molar-refractivity contribution in [3.05, 3.63) is 74.8 Å². The Morgan fingerprint density at radius 3 is 2.38 bits per heavy atom. The molecule has 0 heterocycles. The quantitative estimate of drug-likeness (QED) is 0.220. The monoisotopic (exact) mass is 468 g/mol.